The van der Waals surface area contributed by atoms with Crippen molar-refractivity contribution < 1.29 is 9.72 Å². The number of nitro benzene ring substituents is 1. The summed E-state index contributed by atoms with van der Waals surface area (Å²) in [7, 11) is 0. The van der Waals surface area contributed by atoms with Crippen LogP contribution in [0.1, 0.15) is 10.4 Å². The van der Waals surface area contributed by atoms with E-state index >= 15 is 0 Å². The molecule has 7 nitrogen and oxygen atoms in total. The maximum absolute atomic E-state index is 12.2. The summed E-state index contributed by atoms with van der Waals surface area (Å²) in [6, 6.07) is 16.8. The molecule has 0 saturated carbocycles. The Morgan fingerprint density at radius 2 is 1.81 bits per heavy atom. The highest BCUT2D eigenvalue weighted by Crippen LogP contribution is 2.29. The van der Waals surface area contributed by atoms with Gasteiger partial charge in [0.1, 0.15) is 10.8 Å². The first-order valence-corrected chi connectivity index (χ1v) is 8.79. The number of rotatable bonds is 4. The van der Waals surface area contributed by atoms with Crippen molar-refractivity contribution in [2.45, 2.75) is 0 Å². The summed E-state index contributed by atoms with van der Waals surface area (Å²) in [4.78, 5) is 31.2. The summed E-state index contributed by atoms with van der Waals surface area (Å²) in [5.41, 5.74) is 2.06. The lowest BCUT2D eigenvalue weighted by Gasteiger charge is -2.05. The fraction of sp³-hybridized carbons (Fsp3) is 0. The fourth-order valence-corrected chi connectivity index (χ4v) is 3.47. The molecule has 132 valence electrons. The number of carbonyl (C=O) groups is 1. The van der Waals surface area contributed by atoms with Gasteiger partial charge in [-0.25, -0.2) is 9.97 Å². The zero-order valence-corrected chi connectivity index (χ0v) is 14.6. The van der Waals surface area contributed by atoms with Crippen LogP contribution in [0.3, 0.4) is 0 Å². The maximum atomic E-state index is 12.2. The summed E-state index contributed by atoms with van der Waals surface area (Å²) < 4.78 is 1.10. The third kappa shape index (κ3) is 3.51. The molecule has 0 spiro atoms. The number of nitrogens with zero attached hydrogens (tertiary/aromatic N) is 3. The molecule has 27 heavy (non-hydrogen) atoms. The SMILES string of the molecule is O=C(Nc1ccc(-c2nc3ccccc3s2)cn1)c1ccc([N+](=O)[O-])cc1. The van der Waals surface area contributed by atoms with Crippen molar-refractivity contribution in [1.29, 1.82) is 0 Å². The van der Waals surface area contributed by atoms with Crippen molar-refractivity contribution in [3.05, 3.63) is 82.5 Å². The number of hydrogen-bond donors (Lipinski definition) is 1. The number of nitrogens with one attached hydrogen (secondary N) is 1. The van der Waals surface area contributed by atoms with E-state index in [1.54, 1.807) is 23.6 Å². The molecule has 1 amide bonds. The number of non-ortho nitro benzene ring substituents is 1. The van der Waals surface area contributed by atoms with Gasteiger partial charge in [0.05, 0.1) is 15.1 Å². The van der Waals surface area contributed by atoms with Crippen LogP contribution >= 0.6 is 11.3 Å². The van der Waals surface area contributed by atoms with Crippen LogP contribution in [-0.4, -0.2) is 20.8 Å². The molecule has 0 radical (unpaired) electrons. The summed E-state index contributed by atoms with van der Waals surface area (Å²) in [6.07, 6.45) is 1.66. The average Bonchev–Trinajstić information content (AvgIpc) is 3.13. The topological polar surface area (TPSA) is 98.0 Å². The summed E-state index contributed by atoms with van der Waals surface area (Å²) in [5.74, 6) is 0.00773. The smallest absolute Gasteiger partial charge is 0.269 e. The minimum absolute atomic E-state index is 0.0649. The minimum Gasteiger partial charge on any atom is -0.307 e. The van der Waals surface area contributed by atoms with Gasteiger partial charge in [0, 0.05) is 29.5 Å². The third-order valence-electron chi connectivity index (χ3n) is 3.89. The normalized spacial score (nSPS) is 10.7. The molecule has 2 aromatic carbocycles. The second kappa shape index (κ2) is 6.93. The molecular formula is C19H12N4O3S. The highest BCUT2D eigenvalue weighted by molar-refractivity contribution is 7.21. The first kappa shape index (κ1) is 16.8. The van der Waals surface area contributed by atoms with E-state index in [4.69, 9.17) is 0 Å². The van der Waals surface area contributed by atoms with E-state index < -0.39 is 4.92 Å². The van der Waals surface area contributed by atoms with Gasteiger partial charge in [0.15, 0.2) is 0 Å². The molecule has 0 aliphatic rings. The second-order valence-electron chi connectivity index (χ2n) is 5.68. The third-order valence-corrected chi connectivity index (χ3v) is 4.97. The molecule has 8 heteroatoms. The fourth-order valence-electron chi connectivity index (χ4n) is 2.51. The van der Waals surface area contributed by atoms with Gasteiger partial charge in [0.2, 0.25) is 0 Å². The van der Waals surface area contributed by atoms with Gasteiger partial charge in [0.25, 0.3) is 11.6 Å². The molecule has 0 bridgehead atoms. The average molecular weight is 376 g/mol. The van der Waals surface area contributed by atoms with Gasteiger partial charge in [-0.1, -0.05) is 12.1 Å². The lowest BCUT2D eigenvalue weighted by Crippen LogP contribution is -2.12. The van der Waals surface area contributed by atoms with Crippen molar-refractivity contribution in [3.63, 3.8) is 0 Å². The zero-order chi connectivity index (χ0) is 18.8. The number of aromatic nitrogens is 2. The van der Waals surface area contributed by atoms with Gasteiger partial charge >= 0.3 is 0 Å². The first-order chi connectivity index (χ1) is 13.1. The van der Waals surface area contributed by atoms with Crippen LogP contribution < -0.4 is 5.32 Å². The van der Waals surface area contributed by atoms with Crippen LogP contribution in [0.15, 0.2) is 66.9 Å². The Morgan fingerprint density at radius 1 is 1.04 bits per heavy atom. The van der Waals surface area contributed by atoms with Crippen molar-refractivity contribution in [3.8, 4) is 10.6 Å². The Kier molecular flexibility index (Phi) is 4.31. The van der Waals surface area contributed by atoms with Crippen LogP contribution in [0.4, 0.5) is 11.5 Å². The number of thiazole rings is 1. The van der Waals surface area contributed by atoms with Crippen molar-refractivity contribution in [1.82, 2.24) is 9.97 Å². The standard InChI is InChI=1S/C19H12N4O3S/c24-18(12-5-8-14(9-6-12)23(25)26)22-17-10-7-13(11-20-17)19-21-15-3-1-2-4-16(15)27-19/h1-11H,(H,20,22,24). The number of para-hydroxylation sites is 1. The van der Waals surface area contributed by atoms with E-state index in [2.05, 4.69) is 15.3 Å². The number of pyridine rings is 1. The number of benzene rings is 2. The molecule has 4 aromatic rings. The second-order valence-corrected chi connectivity index (χ2v) is 6.71. The van der Waals surface area contributed by atoms with E-state index in [9.17, 15) is 14.9 Å². The molecule has 1 N–H and O–H groups in total. The van der Waals surface area contributed by atoms with Crippen molar-refractivity contribution >= 4 is 39.0 Å². The lowest BCUT2D eigenvalue weighted by molar-refractivity contribution is -0.384. The van der Waals surface area contributed by atoms with E-state index in [0.29, 0.717) is 11.4 Å². The molecule has 2 aromatic heterocycles. The molecule has 2 heterocycles. The Morgan fingerprint density at radius 3 is 2.48 bits per heavy atom. The van der Waals surface area contributed by atoms with Gasteiger partial charge in [-0.05, 0) is 36.4 Å². The number of anilines is 1. The van der Waals surface area contributed by atoms with E-state index in [1.165, 1.54) is 24.3 Å². The van der Waals surface area contributed by atoms with E-state index in [-0.39, 0.29) is 11.6 Å². The highest BCUT2D eigenvalue weighted by atomic mass is 32.1. The van der Waals surface area contributed by atoms with Gasteiger partial charge in [-0.2, -0.15) is 0 Å². The first-order valence-electron chi connectivity index (χ1n) is 7.98. The Balaban J connectivity index is 1.50. The number of nitro groups is 1. The Bertz CT molecular complexity index is 1100. The van der Waals surface area contributed by atoms with E-state index in [1.807, 2.05) is 30.3 Å². The predicted molar refractivity (Wildman–Crippen MR) is 104 cm³/mol. The quantitative estimate of drug-likeness (QED) is 0.417. The molecule has 0 saturated heterocycles. The van der Waals surface area contributed by atoms with Crippen LogP contribution in [-0.2, 0) is 0 Å². The molecule has 0 aliphatic carbocycles. The summed E-state index contributed by atoms with van der Waals surface area (Å²) in [5, 5.41) is 14.2. The number of carbonyl (C=O) groups excluding carboxylic acids is 1. The molecule has 0 unspecified atom stereocenters. The Labute approximate surface area is 157 Å². The number of hydrogen-bond acceptors (Lipinski definition) is 6. The van der Waals surface area contributed by atoms with Crippen LogP contribution in [0.5, 0.6) is 0 Å². The molecule has 0 atom stereocenters. The van der Waals surface area contributed by atoms with Gasteiger partial charge < -0.3 is 5.32 Å². The lowest BCUT2D eigenvalue weighted by atomic mass is 10.2. The predicted octanol–water partition coefficient (Wildman–Crippen LogP) is 4.52. The van der Waals surface area contributed by atoms with Crippen molar-refractivity contribution in [2.75, 3.05) is 5.32 Å². The monoisotopic (exact) mass is 376 g/mol. The number of fused-ring (bicyclic) bond motifs is 1. The minimum atomic E-state index is -0.510. The van der Waals surface area contributed by atoms with Crippen LogP contribution in [0, 0.1) is 10.1 Å². The summed E-state index contributed by atoms with van der Waals surface area (Å²) >= 11 is 1.58. The molecular weight excluding hydrogens is 364 g/mol. The maximum Gasteiger partial charge on any atom is 0.269 e. The van der Waals surface area contributed by atoms with Crippen LogP contribution in [0.2, 0.25) is 0 Å². The molecule has 4 rings (SSSR count). The summed E-state index contributed by atoms with van der Waals surface area (Å²) in [6.45, 7) is 0. The number of amides is 1. The largest absolute Gasteiger partial charge is 0.307 e. The van der Waals surface area contributed by atoms with E-state index in [0.717, 1.165) is 20.8 Å². The zero-order valence-electron chi connectivity index (χ0n) is 13.8. The Hall–Kier alpha value is -3.65. The highest BCUT2D eigenvalue weighted by Gasteiger charge is 2.11. The van der Waals surface area contributed by atoms with Crippen LogP contribution in [0.25, 0.3) is 20.8 Å². The van der Waals surface area contributed by atoms with Crippen molar-refractivity contribution in [2.24, 2.45) is 0 Å². The molecule has 0 fully saturated rings. The van der Waals surface area contributed by atoms with Gasteiger partial charge in [-0.3, -0.25) is 14.9 Å². The van der Waals surface area contributed by atoms with Gasteiger partial charge in [-0.15, -0.1) is 11.3 Å². The molecule has 0 aliphatic heterocycles.